The van der Waals surface area contributed by atoms with Gasteiger partial charge in [-0.05, 0) is 107 Å². The van der Waals surface area contributed by atoms with Crippen LogP contribution in [0.4, 0.5) is 0 Å². The Bertz CT molecular complexity index is 1510. The summed E-state index contributed by atoms with van der Waals surface area (Å²) in [7, 11) is 0. The molecular formula is C44H70N2O12. The molecule has 58 heavy (non-hydrogen) atoms. The zero-order valence-electron chi connectivity index (χ0n) is 35.2. The van der Waals surface area contributed by atoms with E-state index in [1.807, 2.05) is 13.8 Å². The Balaban J connectivity index is 0.760. The molecule has 0 bridgehead atoms. The minimum Gasteiger partial charge on any atom is -0.458 e. The lowest BCUT2D eigenvalue weighted by Crippen LogP contribution is -2.67. The molecule has 328 valence electrons. The number of hydrogen-bond acceptors (Lipinski definition) is 14. The van der Waals surface area contributed by atoms with Crippen LogP contribution in [0.2, 0.25) is 0 Å². The lowest BCUT2D eigenvalue weighted by molar-refractivity contribution is -0.329. The first-order valence-corrected chi connectivity index (χ1v) is 22.7. The highest BCUT2D eigenvalue weighted by molar-refractivity contribution is 5.85. The number of carbonyl (C=O) groups excluding carboxylic acids is 1. The Morgan fingerprint density at radius 2 is 1.48 bits per heavy atom. The Kier molecular flexibility index (Phi) is 11.7. The molecule has 0 spiro atoms. The summed E-state index contributed by atoms with van der Waals surface area (Å²) in [6.45, 7) is 14.3. The minimum absolute atomic E-state index is 0.0191. The van der Waals surface area contributed by atoms with Gasteiger partial charge in [-0.3, -0.25) is 4.90 Å². The Labute approximate surface area is 343 Å². The Morgan fingerprint density at radius 3 is 2.12 bits per heavy atom. The van der Waals surface area contributed by atoms with E-state index in [2.05, 4.69) is 31.0 Å². The van der Waals surface area contributed by atoms with E-state index in [9.17, 15) is 25.2 Å². The third-order valence-corrected chi connectivity index (χ3v) is 17.1. The van der Waals surface area contributed by atoms with Gasteiger partial charge in [0.1, 0.15) is 18.8 Å². The number of nitrogens with one attached hydrogen (secondary N) is 1. The monoisotopic (exact) mass is 818 g/mol. The second kappa shape index (κ2) is 16.1. The predicted octanol–water partition coefficient (Wildman–Crippen LogP) is 2.77. The first-order valence-electron chi connectivity index (χ1n) is 22.7. The van der Waals surface area contributed by atoms with Crippen LogP contribution in [0.1, 0.15) is 105 Å². The van der Waals surface area contributed by atoms with Crippen LogP contribution in [-0.4, -0.2) is 150 Å². The van der Waals surface area contributed by atoms with Crippen molar-refractivity contribution < 1.29 is 58.4 Å². The molecule has 14 heteroatoms. The van der Waals surface area contributed by atoms with E-state index in [1.165, 1.54) is 0 Å². The normalized spacial score (nSPS) is 52.8. The third-order valence-electron chi connectivity index (χ3n) is 17.1. The molecule has 0 radical (unpaired) electrons. The fourth-order valence-electron chi connectivity index (χ4n) is 13.7. The molecule has 5 aliphatic heterocycles. The van der Waals surface area contributed by atoms with E-state index in [1.54, 1.807) is 6.08 Å². The summed E-state index contributed by atoms with van der Waals surface area (Å²) in [6.07, 6.45) is 3.19. The summed E-state index contributed by atoms with van der Waals surface area (Å²) in [6, 6.07) is 0.540. The van der Waals surface area contributed by atoms with Gasteiger partial charge in [-0.15, -0.1) is 0 Å². The molecule has 0 aromatic heterocycles. The molecule has 9 rings (SSSR count). The predicted molar refractivity (Wildman–Crippen MR) is 209 cm³/mol. The molecular weight excluding hydrogens is 748 g/mol. The van der Waals surface area contributed by atoms with Gasteiger partial charge in [-0.1, -0.05) is 13.8 Å². The van der Waals surface area contributed by atoms with Crippen molar-refractivity contribution in [2.45, 2.75) is 191 Å². The van der Waals surface area contributed by atoms with Gasteiger partial charge in [0.25, 0.3) is 0 Å². The molecule has 9 aliphatic rings. The van der Waals surface area contributed by atoms with E-state index in [4.69, 9.17) is 33.2 Å². The van der Waals surface area contributed by atoms with Gasteiger partial charge in [-0.25, -0.2) is 4.79 Å². The van der Waals surface area contributed by atoms with Gasteiger partial charge in [0.15, 0.2) is 18.9 Å². The van der Waals surface area contributed by atoms with Crippen LogP contribution in [-0.2, 0) is 38.0 Å². The summed E-state index contributed by atoms with van der Waals surface area (Å²) in [4.78, 5) is 14.4. The first-order chi connectivity index (χ1) is 27.7. The van der Waals surface area contributed by atoms with Gasteiger partial charge in [-0.2, -0.15) is 0 Å². The number of aliphatic hydroxyl groups excluding tert-OH is 3. The van der Waals surface area contributed by atoms with Crippen LogP contribution in [0.15, 0.2) is 11.6 Å². The molecule has 14 nitrogen and oxygen atoms in total. The number of ether oxygens (including phenoxy) is 7. The van der Waals surface area contributed by atoms with Crippen LogP contribution < -0.4 is 5.32 Å². The SMILES string of the molecule is CC1CN(C2CNC2)CCC(O[C@@H]2[C@H](C)O[C@@H](O[C@@H]3[C@H](C)O[C@@H](O[C@H]4CC[C@@]5(C)C(CCC6C5C[C@H](O)[C@]5(C)[C@@H](C7=CC(=O)OC7)CC[C@]65O)C4)C[C@@H]3O)C[C@@H]2O)O1. The number of rotatable bonds is 8. The molecule has 4 saturated carbocycles. The number of cyclic esters (lactones) is 1. The highest BCUT2D eigenvalue weighted by atomic mass is 16.7. The van der Waals surface area contributed by atoms with E-state index in [-0.39, 0.29) is 60.8 Å². The largest absolute Gasteiger partial charge is 0.458 e. The van der Waals surface area contributed by atoms with Gasteiger partial charge >= 0.3 is 5.97 Å². The van der Waals surface area contributed by atoms with Crippen molar-refractivity contribution in [2.75, 3.05) is 32.8 Å². The second-order valence-electron chi connectivity index (χ2n) is 20.2. The zero-order valence-corrected chi connectivity index (χ0v) is 35.2. The average molecular weight is 819 g/mol. The lowest BCUT2D eigenvalue weighted by Gasteiger charge is -2.65. The Hall–Kier alpha value is -1.27. The molecule has 19 atom stereocenters. The maximum atomic E-state index is 12.6. The Morgan fingerprint density at radius 1 is 0.793 bits per heavy atom. The van der Waals surface area contributed by atoms with Crippen LogP contribution in [0, 0.1) is 34.5 Å². The molecule has 0 amide bonds. The molecule has 0 aromatic rings. The third kappa shape index (κ3) is 7.34. The van der Waals surface area contributed by atoms with Crippen molar-refractivity contribution in [2.24, 2.45) is 34.5 Å². The van der Waals surface area contributed by atoms with Crippen molar-refractivity contribution in [3.8, 4) is 0 Å². The van der Waals surface area contributed by atoms with Crippen LogP contribution in [0.25, 0.3) is 0 Å². The number of aliphatic hydroxyl groups is 4. The van der Waals surface area contributed by atoms with E-state index in [0.717, 1.165) is 76.7 Å². The van der Waals surface area contributed by atoms with Gasteiger partial charge in [0.2, 0.25) is 0 Å². The van der Waals surface area contributed by atoms with Crippen molar-refractivity contribution in [1.82, 2.24) is 10.2 Å². The van der Waals surface area contributed by atoms with Crippen LogP contribution >= 0.6 is 0 Å². The molecule has 5 N–H and O–H groups in total. The number of carbonyl (C=O) groups is 1. The van der Waals surface area contributed by atoms with Gasteiger partial charge in [0.05, 0.1) is 48.3 Å². The fraction of sp³-hybridized carbons (Fsp3) is 0.932. The smallest absolute Gasteiger partial charge is 0.331 e. The lowest BCUT2D eigenvalue weighted by atomic mass is 9.42. The topological polar surface area (TPSA) is 178 Å². The molecule has 8 fully saturated rings. The number of fused-ring (bicyclic) bond motifs is 5. The average Bonchev–Trinajstić information content (AvgIpc) is 3.63. The summed E-state index contributed by atoms with van der Waals surface area (Å²) < 4.78 is 43.4. The standard InChI is InChI=1S/C44H70N2O12/c1-23-21-46(28-19-45-20-28)13-10-37(53-23)57-40-24(2)55-39(18-34(40)48)58-41-25(3)54-38(17-33(41)47)56-29-8-11-42(4)27(15-29)6-7-31-32(42)16-35(49)43(5)30(9-12-44(31,43)51)26-14-36(50)52-22-26/h14,23-25,27-35,37-41,45,47-49,51H,6-13,15-22H2,1-5H3/t23?,24-,25-,27?,29-,30+,31?,32?,33-,34-,35-,37?,38-,39-,40+,41+,42-,43-,44-/m0/s1. The number of nitrogens with zero attached hydrogens (tertiary/aromatic N) is 1. The van der Waals surface area contributed by atoms with Gasteiger partial charge < -0.3 is 58.9 Å². The van der Waals surface area contributed by atoms with E-state index >= 15 is 0 Å². The summed E-state index contributed by atoms with van der Waals surface area (Å²) in [5.41, 5.74) is -0.836. The molecule has 5 heterocycles. The highest BCUT2D eigenvalue weighted by Gasteiger charge is 2.71. The molecule has 4 aliphatic carbocycles. The van der Waals surface area contributed by atoms with Crippen molar-refractivity contribution >= 4 is 5.97 Å². The summed E-state index contributed by atoms with van der Waals surface area (Å²) in [5.74, 6) is 0.279. The number of hydrogen-bond donors (Lipinski definition) is 5. The first kappa shape index (κ1) is 42.1. The maximum Gasteiger partial charge on any atom is 0.331 e. The van der Waals surface area contributed by atoms with E-state index in [0.29, 0.717) is 24.8 Å². The minimum atomic E-state index is -0.999. The van der Waals surface area contributed by atoms with Gasteiger partial charge in [0, 0.05) is 63.0 Å². The quantitative estimate of drug-likeness (QED) is 0.179. The molecule has 0 aromatic carbocycles. The second-order valence-corrected chi connectivity index (χ2v) is 20.2. The summed E-state index contributed by atoms with van der Waals surface area (Å²) >= 11 is 0. The van der Waals surface area contributed by atoms with Crippen LogP contribution in [0.5, 0.6) is 0 Å². The number of esters is 1. The van der Waals surface area contributed by atoms with Crippen molar-refractivity contribution in [3.63, 3.8) is 0 Å². The van der Waals surface area contributed by atoms with Crippen molar-refractivity contribution in [1.29, 1.82) is 0 Å². The van der Waals surface area contributed by atoms with Crippen molar-refractivity contribution in [3.05, 3.63) is 11.6 Å². The van der Waals surface area contributed by atoms with E-state index < -0.39 is 72.6 Å². The highest BCUT2D eigenvalue weighted by Crippen LogP contribution is 2.70. The van der Waals surface area contributed by atoms with Crippen LogP contribution in [0.3, 0.4) is 0 Å². The molecule has 5 unspecified atom stereocenters. The fourth-order valence-corrected chi connectivity index (χ4v) is 13.7. The molecule has 4 saturated heterocycles. The summed E-state index contributed by atoms with van der Waals surface area (Å²) in [5, 5.41) is 50.5. The zero-order chi connectivity index (χ0) is 40.7. The maximum absolute atomic E-state index is 12.6.